The summed E-state index contributed by atoms with van der Waals surface area (Å²) in [4.78, 5) is 40.6. The number of anilines is 1. The van der Waals surface area contributed by atoms with Gasteiger partial charge in [0.25, 0.3) is 0 Å². The molecular formula is C31H39NO4S. The molecule has 0 saturated heterocycles. The minimum Gasteiger partial charge on any atom is -0.451 e. The monoisotopic (exact) mass is 521 g/mol. The molecule has 4 aliphatic carbocycles. The molecule has 2 fully saturated rings. The maximum Gasteiger partial charge on any atom is 0.303 e. The molecule has 37 heavy (non-hydrogen) atoms. The summed E-state index contributed by atoms with van der Waals surface area (Å²) in [7, 11) is 4.09. The Bertz CT molecular complexity index is 1180. The second-order valence-corrected chi connectivity index (χ2v) is 12.7. The smallest absolute Gasteiger partial charge is 0.303 e. The van der Waals surface area contributed by atoms with Crippen LogP contribution in [0.15, 0.2) is 47.1 Å². The van der Waals surface area contributed by atoms with Gasteiger partial charge in [-0.3, -0.25) is 14.4 Å². The molecule has 198 valence electrons. The highest BCUT2D eigenvalue weighted by Crippen LogP contribution is 2.68. The fourth-order valence-corrected chi connectivity index (χ4v) is 8.62. The number of carbonyl (C=O) groups excluding carboxylic acids is 3. The quantitative estimate of drug-likeness (QED) is 0.435. The van der Waals surface area contributed by atoms with Crippen molar-refractivity contribution in [2.75, 3.05) is 31.0 Å². The van der Waals surface area contributed by atoms with Crippen LogP contribution in [0.25, 0.3) is 0 Å². The lowest BCUT2D eigenvalue weighted by atomic mass is 9.50. The number of nitrogens with zero attached hydrogens (tertiary/aromatic N) is 1. The summed E-state index contributed by atoms with van der Waals surface area (Å²) in [5, 5.41) is 0. The van der Waals surface area contributed by atoms with E-state index in [4.69, 9.17) is 4.74 Å². The van der Waals surface area contributed by atoms with E-state index in [0.717, 1.165) is 37.8 Å². The number of Topliss-reactive ketones (excluding diaryl/α,β-unsaturated/α-hetero) is 1. The van der Waals surface area contributed by atoms with Gasteiger partial charge in [-0.05, 0) is 91.5 Å². The molecule has 0 heterocycles. The number of ketones is 2. The van der Waals surface area contributed by atoms with E-state index in [-0.39, 0.29) is 29.4 Å². The fraction of sp³-hybridized carbons (Fsp3) is 0.581. The van der Waals surface area contributed by atoms with Crippen LogP contribution in [0.3, 0.4) is 0 Å². The molecule has 5 nitrogen and oxygen atoms in total. The Labute approximate surface area is 225 Å². The number of thioether (sulfide) groups is 1. The highest BCUT2D eigenvalue weighted by molar-refractivity contribution is 7.99. The number of fused-ring (bicyclic) bond motifs is 4. The Morgan fingerprint density at radius 3 is 2.49 bits per heavy atom. The number of carbonyl (C=O) groups is 3. The summed E-state index contributed by atoms with van der Waals surface area (Å²) >= 11 is 1.51. The second kappa shape index (κ2) is 9.76. The van der Waals surface area contributed by atoms with Crippen LogP contribution in [-0.2, 0) is 19.1 Å². The lowest BCUT2D eigenvalue weighted by Gasteiger charge is -2.55. The average Bonchev–Trinajstić information content (AvgIpc) is 3.15. The van der Waals surface area contributed by atoms with Gasteiger partial charge in [0.2, 0.25) is 0 Å². The largest absolute Gasteiger partial charge is 0.451 e. The standard InChI is InChI=1S/C31H39NO4S/c1-19(33)36-31(28(35)18-37-5)15-14-27-25-12-8-21-16-23(34)11-13-24(21)29(25)26(17-30(27,31)2)20-6-9-22(10-7-20)32(3)4/h6-7,9-10,16,25-27H,8,11-15,17-18H2,1-5H3/t25-,26+,27-,30-,31-/m0/s1. The molecular weight excluding hydrogens is 482 g/mol. The van der Waals surface area contributed by atoms with E-state index in [1.807, 2.05) is 26.4 Å². The molecule has 0 unspecified atom stereocenters. The Balaban J connectivity index is 1.68. The fourth-order valence-electron chi connectivity index (χ4n) is 8.13. The van der Waals surface area contributed by atoms with Crippen molar-refractivity contribution in [3.05, 3.63) is 52.6 Å². The zero-order valence-electron chi connectivity index (χ0n) is 22.8. The molecule has 0 spiro atoms. The van der Waals surface area contributed by atoms with Crippen LogP contribution in [0.2, 0.25) is 0 Å². The molecule has 1 aromatic carbocycles. The van der Waals surface area contributed by atoms with Crippen molar-refractivity contribution >= 4 is 35.0 Å². The highest BCUT2D eigenvalue weighted by Gasteiger charge is 2.67. The van der Waals surface area contributed by atoms with Crippen molar-refractivity contribution in [2.45, 2.75) is 70.3 Å². The van der Waals surface area contributed by atoms with Gasteiger partial charge in [-0.25, -0.2) is 0 Å². The molecule has 5 rings (SSSR count). The van der Waals surface area contributed by atoms with Crippen LogP contribution >= 0.6 is 11.8 Å². The van der Waals surface area contributed by atoms with E-state index in [1.165, 1.54) is 41.0 Å². The van der Waals surface area contributed by atoms with Crippen molar-refractivity contribution in [3.8, 4) is 0 Å². The van der Waals surface area contributed by atoms with Crippen LogP contribution in [0, 0.1) is 17.3 Å². The molecule has 5 atom stereocenters. The molecule has 0 N–H and O–H groups in total. The van der Waals surface area contributed by atoms with E-state index in [0.29, 0.717) is 24.5 Å². The van der Waals surface area contributed by atoms with Crippen molar-refractivity contribution in [1.82, 2.24) is 0 Å². The molecule has 0 bridgehead atoms. The zero-order valence-corrected chi connectivity index (χ0v) is 23.6. The van der Waals surface area contributed by atoms with Gasteiger partial charge in [-0.2, -0.15) is 11.8 Å². The summed E-state index contributed by atoms with van der Waals surface area (Å²) in [5.41, 5.74) is 4.97. The molecule has 0 aliphatic heterocycles. The Morgan fingerprint density at radius 1 is 1.11 bits per heavy atom. The molecule has 0 amide bonds. The third kappa shape index (κ3) is 4.20. The number of benzene rings is 1. The van der Waals surface area contributed by atoms with E-state index in [1.54, 1.807) is 0 Å². The summed E-state index contributed by atoms with van der Waals surface area (Å²) < 4.78 is 6.14. The van der Waals surface area contributed by atoms with E-state index < -0.39 is 11.0 Å². The number of rotatable bonds is 6. The molecule has 0 radical (unpaired) electrons. The van der Waals surface area contributed by atoms with Gasteiger partial charge in [-0.15, -0.1) is 0 Å². The second-order valence-electron chi connectivity index (χ2n) is 11.8. The topological polar surface area (TPSA) is 63.7 Å². The molecule has 2 saturated carbocycles. The summed E-state index contributed by atoms with van der Waals surface area (Å²) in [6, 6.07) is 8.79. The third-order valence-electron chi connectivity index (χ3n) is 9.71. The van der Waals surface area contributed by atoms with Crippen LogP contribution < -0.4 is 4.90 Å². The van der Waals surface area contributed by atoms with Crippen molar-refractivity contribution < 1.29 is 19.1 Å². The van der Waals surface area contributed by atoms with E-state index in [2.05, 4.69) is 36.1 Å². The van der Waals surface area contributed by atoms with Gasteiger partial charge in [0, 0.05) is 44.5 Å². The van der Waals surface area contributed by atoms with Crippen LogP contribution in [0.1, 0.15) is 70.3 Å². The number of hydrogen-bond acceptors (Lipinski definition) is 6. The predicted molar refractivity (Wildman–Crippen MR) is 149 cm³/mol. The van der Waals surface area contributed by atoms with Crippen molar-refractivity contribution in [3.63, 3.8) is 0 Å². The Morgan fingerprint density at radius 2 is 1.84 bits per heavy atom. The molecule has 6 heteroatoms. The van der Waals surface area contributed by atoms with Gasteiger partial charge in [-0.1, -0.05) is 24.6 Å². The number of hydrogen-bond donors (Lipinski definition) is 0. The first-order valence-electron chi connectivity index (χ1n) is 13.6. The lowest BCUT2D eigenvalue weighted by molar-refractivity contribution is -0.182. The SMILES string of the molecule is CSCC(=O)[C@@]1(OC(C)=O)CC[C@H]2[C@@H]3CCC4=CC(=O)CCC4=C3[C@@H](c3ccc(N(C)C)cc3)C[C@@]21C. The molecule has 4 aliphatic rings. The summed E-state index contributed by atoms with van der Waals surface area (Å²) in [6.45, 7) is 3.67. The molecule has 0 aromatic heterocycles. The minimum atomic E-state index is -1.08. The normalized spacial score (nSPS) is 32.7. The first-order valence-corrected chi connectivity index (χ1v) is 15.0. The van der Waals surface area contributed by atoms with Crippen LogP contribution in [0.5, 0.6) is 0 Å². The zero-order chi connectivity index (χ0) is 26.5. The number of esters is 1. The van der Waals surface area contributed by atoms with Gasteiger partial charge >= 0.3 is 5.97 Å². The number of allylic oxidation sites excluding steroid dienone is 4. The van der Waals surface area contributed by atoms with E-state index >= 15 is 0 Å². The van der Waals surface area contributed by atoms with Crippen LogP contribution in [-0.4, -0.2) is 49.2 Å². The van der Waals surface area contributed by atoms with Gasteiger partial charge in [0.1, 0.15) is 0 Å². The van der Waals surface area contributed by atoms with Gasteiger partial charge in [0.05, 0.1) is 5.75 Å². The Hall–Kier alpha value is -2.34. The first-order chi connectivity index (χ1) is 17.6. The van der Waals surface area contributed by atoms with Crippen molar-refractivity contribution in [2.24, 2.45) is 17.3 Å². The third-order valence-corrected chi connectivity index (χ3v) is 10.3. The average molecular weight is 522 g/mol. The molecule has 1 aromatic rings. The van der Waals surface area contributed by atoms with Gasteiger partial charge < -0.3 is 9.64 Å². The maximum absolute atomic E-state index is 13.8. The maximum atomic E-state index is 13.8. The lowest BCUT2D eigenvalue weighted by Crippen LogP contribution is -2.58. The van der Waals surface area contributed by atoms with Crippen molar-refractivity contribution in [1.29, 1.82) is 0 Å². The minimum absolute atomic E-state index is 0.0534. The first kappa shape index (κ1) is 26.3. The summed E-state index contributed by atoms with van der Waals surface area (Å²) in [5.74, 6) is 1.01. The number of ether oxygens (including phenoxy) is 1. The highest BCUT2D eigenvalue weighted by atomic mass is 32.2. The van der Waals surface area contributed by atoms with Crippen LogP contribution in [0.4, 0.5) is 5.69 Å². The Kier molecular flexibility index (Phi) is 6.93. The van der Waals surface area contributed by atoms with E-state index in [9.17, 15) is 14.4 Å². The summed E-state index contributed by atoms with van der Waals surface area (Å²) in [6.07, 6.45) is 9.36. The predicted octanol–water partition coefficient (Wildman–Crippen LogP) is 5.89. The van der Waals surface area contributed by atoms with Gasteiger partial charge in [0.15, 0.2) is 17.2 Å².